The lowest BCUT2D eigenvalue weighted by Gasteiger charge is -2.12. The van der Waals surface area contributed by atoms with Gasteiger partial charge in [0.05, 0.1) is 12.2 Å². The Morgan fingerprint density at radius 3 is 2.28 bits per heavy atom. The second-order valence-corrected chi connectivity index (χ2v) is 4.72. The summed E-state index contributed by atoms with van der Waals surface area (Å²) >= 11 is 4.14. The number of alkyl halides is 3. The SMILES string of the molecule is CC(CCS)CCOc1ccc(C(F)(F)F)cc1. The fraction of sp³-hybridized carbons (Fsp3) is 0.538. The van der Waals surface area contributed by atoms with Crippen molar-refractivity contribution in [2.45, 2.75) is 25.9 Å². The van der Waals surface area contributed by atoms with E-state index in [1.165, 1.54) is 12.1 Å². The third kappa shape index (κ3) is 5.21. The van der Waals surface area contributed by atoms with Crippen LogP contribution in [0.1, 0.15) is 25.3 Å². The number of benzene rings is 1. The van der Waals surface area contributed by atoms with Gasteiger partial charge in [0.15, 0.2) is 0 Å². The molecule has 0 amide bonds. The van der Waals surface area contributed by atoms with Gasteiger partial charge >= 0.3 is 6.18 Å². The van der Waals surface area contributed by atoms with Crippen LogP contribution in [0.3, 0.4) is 0 Å². The zero-order valence-electron chi connectivity index (χ0n) is 10.2. The summed E-state index contributed by atoms with van der Waals surface area (Å²) in [5.74, 6) is 1.82. The molecule has 0 saturated heterocycles. The minimum Gasteiger partial charge on any atom is -0.494 e. The zero-order chi connectivity index (χ0) is 13.6. The normalized spacial score (nSPS) is 13.4. The average Bonchev–Trinajstić information content (AvgIpc) is 2.29. The van der Waals surface area contributed by atoms with Crippen LogP contribution in [0.2, 0.25) is 0 Å². The molecule has 0 aliphatic heterocycles. The Balaban J connectivity index is 2.40. The van der Waals surface area contributed by atoms with E-state index in [1.54, 1.807) is 0 Å². The topological polar surface area (TPSA) is 9.23 Å². The molecule has 0 spiro atoms. The summed E-state index contributed by atoms with van der Waals surface area (Å²) < 4.78 is 42.3. The van der Waals surface area contributed by atoms with Crippen LogP contribution in [0.5, 0.6) is 5.75 Å². The van der Waals surface area contributed by atoms with E-state index < -0.39 is 11.7 Å². The highest BCUT2D eigenvalue weighted by Gasteiger charge is 2.29. The maximum Gasteiger partial charge on any atom is 0.416 e. The maximum absolute atomic E-state index is 12.3. The van der Waals surface area contributed by atoms with Crippen LogP contribution in [0.25, 0.3) is 0 Å². The Morgan fingerprint density at radius 2 is 1.78 bits per heavy atom. The molecule has 1 rings (SSSR count). The van der Waals surface area contributed by atoms with Crippen LogP contribution in [0, 0.1) is 5.92 Å². The summed E-state index contributed by atoms with van der Waals surface area (Å²) in [7, 11) is 0. The summed E-state index contributed by atoms with van der Waals surface area (Å²) in [5.41, 5.74) is -0.654. The van der Waals surface area contributed by atoms with E-state index in [2.05, 4.69) is 19.6 Å². The number of halogens is 3. The maximum atomic E-state index is 12.3. The predicted molar refractivity (Wildman–Crippen MR) is 69.2 cm³/mol. The lowest BCUT2D eigenvalue weighted by Crippen LogP contribution is -2.06. The Kier molecular flexibility index (Phi) is 5.85. The average molecular weight is 278 g/mol. The zero-order valence-corrected chi connectivity index (χ0v) is 11.1. The van der Waals surface area contributed by atoms with Gasteiger partial charge in [-0.3, -0.25) is 0 Å². The van der Waals surface area contributed by atoms with E-state index in [0.29, 0.717) is 18.3 Å². The lowest BCUT2D eigenvalue weighted by molar-refractivity contribution is -0.137. The Morgan fingerprint density at radius 1 is 1.17 bits per heavy atom. The van der Waals surface area contributed by atoms with Crippen molar-refractivity contribution in [1.82, 2.24) is 0 Å². The van der Waals surface area contributed by atoms with Gasteiger partial charge in [-0.2, -0.15) is 25.8 Å². The Hall–Kier alpha value is -0.840. The standard InChI is InChI=1S/C13H17F3OS/c1-10(7-9-18)6-8-17-12-4-2-11(3-5-12)13(14,15)16/h2-5,10,18H,6-9H2,1H3. The van der Waals surface area contributed by atoms with E-state index >= 15 is 0 Å². The van der Waals surface area contributed by atoms with E-state index in [9.17, 15) is 13.2 Å². The van der Waals surface area contributed by atoms with Crippen LogP contribution in [-0.2, 0) is 6.18 Å². The highest BCUT2D eigenvalue weighted by molar-refractivity contribution is 7.80. The van der Waals surface area contributed by atoms with Gasteiger partial charge in [-0.15, -0.1) is 0 Å². The van der Waals surface area contributed by atoms with Crippen LogP contribution >= 0.6 is 12.6 Å². The summed E-state index contributed by atoms with van der Waals surface area (Å²) in [5, 5.41) is 0. The molecule has 1 unspecified atom stereocenters. The van der Waals surface area contributed by atoms with E-state index in [4.69, 9.17) is 4.74 Å². The van der Waals surface area contributed by atoms with E-state index in [0.717, 1.165) is 30.7 Å². The molecule has 0 radical (unpaired) electrons. The highest BCUT2D eigenvalue weighted by Crippen LogP contribution is 2.30. The van der Waals surface area contributed by atoms with Crippen molar-refractivity contribution in [1.29, 1.82) is 0 Å². The van der Waals surface area contributed by atoms with Gasteiger partial charge < -0.3 is 4.74 Å². The molecular weight excluding hydrogens is 261 g/mol. The molecule has 1 nitrogen and oxygen atoms in total. The Bertz CT molecular complexity index is 348. The summed E-state index contributed by atoms with van der Waals surface area (Å²) in [6, 6.07) is 4.77. The van der Waals surface area contributed by atoms with Gasteiger partial charge in [0.1, 0.15) is 5.75 Å². The van der Waals surface area contributed by atoms with Gasteiger partial charge in [-0.05, 0) is 48.8 Å². The number of hydrogen-bond acceptors (Lipinski definition) is 2. The van der Waals surface area contributed by atoms with Crippen LogP contribution in [0.15, 0.2) is 24.3 Å². The summed E-state index contributed by atoms with van der Waals surface area (Å²) in [4.78, 5) is 0. The monoisotopic (exact) mass is 278 g/mol. The van der Waals surface area contributed by atoms with Crippen LogP contribution in [0.4, 0.5) is 13.2 Å². The van der Waals surface area contributed by atoms with Crippen molar-refractivity contribution in [3.63, 3.8) is 0 Å². The molecule has 0 fully saturated rings. The number of hydrogen-bond donors (Lipinski definition) is 1. The van der Waals surface area contributed by atoms with Crippen molar-refractivity contribution in [2.24, 2.45) is 5.92 Å². The van der Waals surface area contributed by atoms with Gasteiger partial charge in [0.25, 0.3) is 0 Å². The van der Waals surface area contributed by atoms with Gasteiger partial charge in [-0.1, -0.05) is 6.92 Å². The molecule has 0 aliphatic carbocycles. The van der Waals surface area contributed by atoms with Crippen molar-refractivity contribution in [2.75, 3.05) is 12.4 Å². The Labute approximate surface area is 111 Å². The van der Waals surface area contributed by atoms with Gasteiger partial charge in [-0.25, -0.2) is 0 Å². The third-order valence-corrected chi connectivity index (χ3v) is 2.94. The molecule has 0 aromatic heterocycles. The molecule has 0 heterocycles. The molecule has 102 valence electrons. The molecule has 0 bridgehead atoms. The number of rotatable bonds is 6. The van der Waals surface area contributed by atoms with E-state index in [-0.39, 0.29) is 0 Å². The fourth-order valence-electron chi connectivity index (χ4n) is 1.48. The molecule has 1 atom stereocenters. The van der Waals surface area contributed by atoms with Crippen LogP contribution < -0.4 is 4.74 Å². The number of thiol groups is 1. The van der Waals surface area contributed by atoms with Crippen molar-refractivity contribution < 1.29 is 17.9 Å². The summed E-state index contributed by atoms with van der Waals surface area (Å²) in [6.07, 6.45) is -2.40. The molecular formula is C13H17F3OS. The molecule has 0 saturated carbocycles. The first-order valence-corrected chi connectivity index (χ1v) is 6.47. The van der Waals surface area contributed by atoms with Gasteiger partial charge in [0.2, 0.25) is 0 Å². The second kappa shape index (κ2) is 6.92. The largest absolute Gasteiger partial charge is 0.494 e. The van der Waals surface area contributed by atoms with Crippen molar-refractivity contribution in [3.8, 4) is 5.75 Å². The fourth-order valence-corrected chi connectivity index (χ4v) is 1.92. The molecule has 0 N–H and O–H groups in total. The van der Waals surface area contributed by atoms with Gasteiger partial charge in [0, 0.05) is 0 Å². The quantitative estimate of drug-likeness (QED) is 0.757. The van der Waals surface area contributed by atoms with Crippen molar-refractivity contribution >= 4 is 12.6 Å². The lowest BCUT2D eigenvalue weighted by atomic mass is 10.1. The number of ether oxygens (including phenoxy) is 1. The minimum absolute atomic E-state index is 0.473. The molecule has 0 aliphatic rings. The molecule has 5 heteroatoms. The summed E-state index contributed by atoms with van der Waals surface area (Å²) in [6.45, 7) is 2.62. The van der Waals surface area contributed by atoms with E-state index in [1.807, 2.05) is 0 Å². The predicted octanol–water partition coefficient (Wildman–Crippen LogP) is 4.43. The van der Waals surface area contributed by atoms with Crippen LogP contribution in [-0.4, -0.2) is 12.4 Å². The third-order valence-electron chi connectivity index (χ3n) is 2.68. The first-order valence-electron chi connectivity index (χ1n) is 5.84. The highest BCUT2D eigenvalue weighted by atomic mass is 32.1. The minimum atomic E-state index is -4.29. The second-order valence-electron chi connectivity index (χ2n) is 4.28. The first kappa shape index (κ1) is 15.2. The molecule has 1 aromatic rings. The van der Waals surface area contributed by atoms with Crippen molar-refractivity contribution in [3.05, 3.63) is 29.8 Å². The smallest absolute Gasteiger partial charge is 0.416 e. The molecule has 18 heavy (non-hydrogen) atoms. The molecule has 1 aromatic carbocycles. The first-order chi connectivity index (χ1) is 8.43.